The number of rotatable bonds is 4. The maximum Gasteiger partial charge on any atom is 0.472 e. The number of nitrogens with one attached hydrogen (secondary N) is 1. The first-order chi connectivity index (χ1) is 8.65. The lowest BCUT2D eigenvalue weighted by atomic mass is 9.97. The van der Waals surface area contributed by atoms with Gasteiger partial charge in [-0.3, -0.25) is 9.32 Å². The zero-order valence-electron chi connectivity index (χ0n) is 9.91. The summed E-state index contributed by atoms with van der Waals surface area (Å²) in [5, 5.41) is 30.5. The number of ether oxygens (including phenoxy) is 1. The third-order valence-electron chi connectivity index (χ3n) is 2.49. The van der Waals surface area contributed by atoms with Gasteiger partial charge >= 0.3 is 7.82 Å². The normalized spacial score (nSPS) is 36.0. The second-order valence-corrected chi connectivity index (χ2v) is 5.22. The van der Waals surface area contributed by atoms with E-state index in [-0.39, 0.29) is 0 Å². The molecule has 1 aliphatic rings. The van der Waals surface area contributed by atoms with Crippen molar-refractivity contribution >= 4 is 13.7 Å². The second-order valence-electron chi connectivity index (χ2n) is 4.03. The summed E-state index contributed by atoms with van der Waals surface area (Å²) < 4.78 is 20.0. The van der Waals surface area contributed by atoms with E-state index in [2.05, 4.69) is 9.84 Å². The molecule has 0 radical (unpaired) electrons. The Bertz CT molecular complexity index is 371. The summed E-state index contributed by atoms with van der Waals surface area (Å²) in [7, 11) is -4.95. The topological polar surface area (TPSA) is 166 Å². The fraction of sp³-hybridized carbons (Fsp3) is 0.875. The van der Waals surface area contributed by atoms with Gasteiger partial charge in [0.05, 0.1) is 6.61 Å². The number of phosphoric ester groups is 1. The van der Waals surface area contributed by atoms with E-state index >= 15 is 0 Å². The van der Waals surface area contributed by atoms with Crippen LogP contribution in [0.1, 0.15) is 6.92 Å². The Morgan fingerprint density at radius 1 is 1.37 bits per heavy atom. The van der Waals surface area contributed by atoms with E-state index in [4.69, 9.17) is 19.6 Å². The van der Waals surface area contributed by atoms with Crippen molar-refractivity contribution in [2.24, 2.45) is 0 Å². The van der Waals surface area contributed by atoms with Gasteiger partial charge in [-0.15, -0.1) is 0 Å². The number of hydrogen-bond acceptors (Lipinski definition) is 7. The highest BCUT2D eigenvalue weighted by Crippen LogP contribution is 2.40. The molecule has 6 N–H and O–H groups in total. The van der Waals surface area contributed by atoms with Gasteiger partial charge in [0.15, 0.2) is 6.29 Å². The minimum absolute atomic E-state index is 0.624. The Balaban J connectivity index is 2.92. The minimum atomic E-state index is -4.95. The summed E-state index contributed by atoms with van der Waals surface area (Å²) in [6, 6.07) is -1.39. The molecule has 0 aromatic heterocycles. The van der Waals surface area contributed by atoms with Gasteiger partial charge in [-0.05, 0) is 0 Å². The van der Waals surface area contributed by atoms with Crippen molar-refractivity contribution in [1.82, 2.24) is 5.32 Å². The number of hydrogen-bond donors (Lipinski definition) is 6. The van der Waals surface area contributed by atoms with Gasteiger partial charge in [-0.1, -0.05) is 0 Å². The number of aliphatic hydroxyl groups excluding tert-OH is 3. The number of amides is 1. The van der Waals surface area contributed by atoms with Gasteiger partial charge in [-0.2, -0.15) is 0 Å². The van der Waals surface area contributed by atoms with Crippen LogP contribution in [0.3, 0.4) is 0 Å². The Morgan fingerprint density at radius 3 is 2.37 bits per heavy atom. The quantitative estimate of drug-likeness (QED) is 0.297. The maximum atomic E-state index is 11.0. The molecule has 1 rings (SSSR count). The molecule has 11 heteroatoms. The first-order valence-electron chi connectivity index (χ1n) is 5.29. The number of carbonyl (C=O) groups excluding carboxylic acids is 1. The van der Waals surface area contributed by atoms with Gasteiger partial charge in [0.2, 0.25) is 5.91 Å². The molecule has 1 heterocycles. The SMILES string of the molecule is CC(=O)N[C@@H]1[C@H](OP(=O)(O)O)O[C@@H](CO)[C@H](O)[C@H]1O. The molecule has 0 aromatic carbocycles. The zero-order valence-corrected chi connectivity index (χ0v) is 10.8. The number of carbonyl (C=O) groups is 1. The van der Waals surface area contributed by atoms with E-state index in [1.165, 1.54) is 0 Å². The molecule has 0 saturated carbocycles. The lowest BCUT2D eigenvalue weighted by Crippen LogP contribution is -2.64. The third kappa shape index (κ3) is 4.48. The lowest BCUT2D eigenvalue weighted by Gasteiger charge is -2.41. The van der Waals surface area contributed by atoms with Crippen molar-refractivity contribution in [3.8, 4) is 0 Å². The molecule has 112 valence electrons. The van der Waals surface area contributed by atoms with Crippen molar-refractivity contribution in [2.75, 3.05) is 6.61 Å². The number of aliphatic hydroxyl groups is 3. The van der Waals surface area contributed by atoms with Crippen LogP contribution in [0.2, 0.25) is 0 Å². The smallest absolute Gasteiger partial charge is 0.394 e. The first kappa shape index (κ1) is 16.5. The van der Waals surface area contributed by atoms with E-state index in [9.17, 15) is 19.6 Å². The molecule has 0 aliphatic carbocycles. The molecule has 1 amide bonds. The molecule has 0 spiro atoms. The monoisotopic (exact) mass is 301 g/mol. The van der Waals surface area contributed by atoms with Crippen LogP contribution in [0.15, 0.2) is 0 Å². The van der Waals surface area contributed by atoms with Crippen molar-refractivity contribution < 1.29 is 43.7 Å². The van der Waals surface area contributed by atoms with Crippen molar-refractivity contribution in [3.05, 3.63) is 0 Å². The summed E-state index contributed by atoms with van der Waals surface area (Å²) in [4.78, 5) is 28.4. The van der Waals surface area contributed by atoms with Crippen LogP contribution >= 0.6 is 7.82 Å². The van der Waals surface area contributed by atoms with E-state index in [1.807, 2.05) is 0 Å². The first-order valence-corrected chi connectivity index (χ1v) is 6.82. The molecule has 0 bridgehead atoms. The van der Waals surface area contributed by atoms with Crippen molar-refractivity contribution in [1.29, 1.82) is 0 Å². The Hall–Kier alpha value is -0.580. The summed E-state index contributed by atoms with van der Waals surface area (Å²) in [5.41, 5.74) is 0. The summed E-state index contributed by atoms with van der Waals surface area (Å²) in [6.07, 6.45) is -6.17. The van der Waals surface area contributed by atoms with E-state index in [0.29, 0.717) is 0 Å². The average Bonchev–Trinajstić information content (AvgIpc) is 2.26. The highest BCUT2D eigenvalue weighted by Gasteiger charge is 2.47. The number of phosphoric acid groups is 1. The minimum Gasteiger partial charge on any atom is -0.394 e. The Morgan fingerprint density at radius 2 is 1.95 bits per heavy atom. The van der Waals surface area contributed by atoms with Gasteiger partial charge in [-0.25, -0.2) is 4.57 Å². The van der Waals surface area contributed by atoms with Crippen LogP contribution in [-0.2, 0) is 18.6 Å². The molecule has 1 fully saturated rings. The molecule has 5 atom stereocenters. The van der Waals surface area contributed by atoms with Crippen molar-refractivity contribution in [2.45, 2.75) is 37.6 Å². The molecule has 1 saturated heterocycles. The highest BCUT2D eigenvalue weighted by molar-refractivity contribution is 7.46. The predicted molar refractivity (Wildman–Crippen MR) is 58.5 cm³/mol. The van der Waals surface area contributed by atoms with Crippen LogP contribution in [0.4, 0.5) is 0 Å². The van der Waals surface area contributed by atoms with E-state index in [0.717, 1.165) is 6.92 Å². The average molecular weight is 301 g/mol. The fourth-order valence-corrected chi connectivity index (χ4v) is 2.15. The van der Waals surface area contributed by atoms with Gasteiger partial charge < -0.3 is 35.2 Å². The maximum absolute atomic E-state index is 11.0. The molecule has 19 heavy (non-hydrogen) atoms. The van der Waals surface area contributed by atoms with Crippen LogP contribution in [0, 0.1) is 0 Å². The standard InChI is InChI=1S/C8H16NO9P/c1-3(11)9-5-7(13)6(12)4(2-10)17-8(5)18-19(14,15)16/h4-8,10,12-13H,2H2,1H3,(H,9,11)(H2,14,15,16)/t4-,5-,6-,7-,8-/m0/s1. The highest BCUT2D eigenvalue weighted by atomic mass is 31.2. The summed E-state index contributed by atoms with van der Waals surface area (Å²) >= 11 is 0. The van der Waals surface area contributed by atoms with Crippen LogP contribution in [0.5, 0.6) is 0 Å². The van der Waals surface area contributed by atoms with Gasteiger partial charge in [0, 0.05) is 6.92 Å². The molecular formula is C8H16NO9P. The third-order valence-corrected chi connectivity index (χ3v) is 2.97. The molecule has 0 aromatic rings. The molecule has 0 unspecified atom stereocenters. The molecule has 1 aliphatic heterocycles. The van der Waals surface area contributed by atoms with Crippen LogP contribution < -0.4 is 5.32 Å². The summed E-state index contributed by atoms with van der Waals surface area (Å²) in [6.45, 7) is 0.401. The van der Waals surface area contributed by atoms with E-state index < -0.39 is 51.0 Å². The Kier molecular flexibility index (Phi) is 5.42. The Labute approximate surface area is 108 Å². The predicted octanol–water partition coefficient (Wildman–Crippen LogP) is -2.96. The van der Waals surface area contributed by atoms with Gasteiger partial charge in [0.1, 0.15) is 24.4 Å². The molecule has 10 nitrogen and oxygen atoms in total. The largest absolute Gasteiger partial charge is 0.472 e. The van der Waals surface area contributed by atoms with Gasteiger partial charge in [0.25, 0.3) is 0 Å². The van der Waals surface area contributed by atoms with Crippen LogP contribution in [0.25, 0.3) is 0 Å². The van der Waals surface area contributed by atoms with Crippen molar-refractivity contribution in [3.63, 3.8) is 0 Å². The fourth-order valence-electron chi connectivity index (χ4n) is 1.70. The lowest BCUT2D eigenvalue weighted by molar-refractivity contribution is -0.248. The summed E-state index contributed by atoms with van der Waals surface area (Å²) in [5.74, 6) is -0.624. The van der Waals surface area contributed by atoms with E-state index in [1.54, 1.807) is 0 Å². The molecular weight excluding hydrogens is 285 g/mol. The zero-order chi connectivity index (χ0) is 14.8. The van der Waals surface area contributed by atoms with Crippen LogP contribution in [-0.4, -0.2) is 68.3 Å². The second kappa shape index (κ2) is 6.25.